The zero-order chi connectivity index (χ0) is 21.1. The van der Waals surface area contributed by atoms with E-state index < -0.39 is 22.6 Å². The Balaban J connectivity index is 1.37. The van der Waals surface area contributed by atoms with Crippen LogP contribution in [-0.2, 0) is 11.3 Å². The highest BCUT2D eigenvalue weighted by molar-refractivity contribution is 8.23. The van der Waals surface area contributed by atoms with Gasteiger partial charge in [0.05, 0.1) is 10.4 Å². The summed E-state index contributed by atoms with van der Waals surface area (Å²) in [7, 11) is -3.45. The van der Waals surface area contributed by atoms with Crippen LogP contribution in [0.15, 0.2) is 67.0 Å². The first-order chi connectivity index (χ1) is 14.4. The van der Waals surface area contributed by atoms with Gasteiger partial charge in [0.2, 0.25) is 0 Å². The minimum atomic E-state index is -3.45. The van der Waals surface area contributed by atoms with E-state index in [9.17, 15) is 18.7 Å². The maximum absolute atomic E-state index is 12.2. The molecule has 10 heteroatoms. The lowest BCUT2D eigenvalue weighted by molar-refractivity contribution is 0.0961. The molecule has 1 amide bonds. The van der Waals surface area contributed by atoms with Crippen molar-refractivity contribution in [3.05, 3.63) is 64.6 Å². The summed E-state index contributed by atoms with van der Waals surface area (Å²) in [5.74, 6) is -0.614. The highest BCUT2D eigenvalue weighted by Gasteiger charge is 2.24. The normalized spacial score (nSPS) is 15.3. The van der Waals surface area contributed by atoms with E-state index in [1.54, 1.807) is 4.90 Å². The molecular formula is C20H21N3O6S. The predicted molar refractivity (Wildman–Crippen MR) is 113 cm³/mol. The minimum absolute atomic E-state index is 0.162. The molecule has 1 saturated heterocycles. The molecule has 0 spiro atoms. The molecule has 3 aromatic rings. The summed E-state index contributed by atoms with van der Waals surface area (Å²) in [6.07, 6.45) is 0.424. The van der Waals surface area contributed by atoms with Crippen molar-refractivity contribution < 1.29 is 23.1 Å². The molecule has 2 aromatic carbocycles. The number of ether oxygens (including phenoxy) is 1. The molecule has 1 aliphatic rings. The Labute approximate surface area is 173 Å². The quantitative estimate of drug-likeness (QED) is 0.572. The van der Waals surface area contributed by atoms with Gasteiger partial charge in [-0.25, -0.2) is 9.59 Å². The lowest BCUT2D eigenvalue weighted by atomic mass is 10.1. The molecule has 0 aliphatic carbocycles. The van der Waals surface area contributed by atoms with E-state index in [-0.39, 0.29) is 17.1 Å². The van der Waals surface area contributed by atoms with Crippen molar-refractivity contribution in [2.24, 2.45) is 4.40 Å². The molecule has 4 rings (SSSR count). The average molecular weight is 431 g/mol. The van der Waals surface area contributed by atoms with E-state index in [0.717, 1.165) is 5.56 Å². The van der Waals surface area contributed by atoms with Crippen molar-refractivity contribution >= 4 is 33.7 Å². The third-order valence-corrected chi connectivity index (χ3v) is 6.17. The second-order valence-electron chi connectivity index (χ2n) is 6.88. The smallest absolute Gasteiger partial charge is 0.417 e. The molecule has 158 valence electrons. The van der Waals surface area contributed by atoms with Gasteiger partial charge in [0.25, 0.3) is 0 Å². The number of nitrogens with zero attached hydrogens (tertiary/aromatic N) is 2. The van der Waals surface area contributed by atoms with E-state index in [1.165, 1.54) is 18.2 Å². The number of oxazole rings is 1. The van der Waals surface area contributed by atoms with Crippen LogP contribution in [0.5, 0.6) is 0 Å². The molecule has 1 aliphatic heterocycles. The number of hydrogen-bond acceptors (Lipinski definition) is 7. The Morgan fingerprint density at radius 3 is 2.63 bits per heavy atom. The number of piperidine rings is 1. The Bertz CT molecular complexity index is 1130. The van der Waals surface area contributed by atoms with E-state index >= 15 is 0 Å². The van der Waals surface area contributed by atoms with Crippen LogP contribution >= 0.6 is 10.8 Å². The topological polar surface area (TPSA) is 128 Å². The molecular weight excluding hydrogens is 410 g/mol. The molecule has 3 N–H and O–H groups in total. The lowest BCUT2D eigenvalue weighted by Crippen LogP contribution is -2.39. The summed E-state index contributed by atoms with van der Waals surface area (Å²) in [6, 6.07) is 13.8. The molecule has 30 heavy (non-hydrogen) atoms. The van der Waals surface area contributed by atoms with Crippen molar-refractivity contribution in [1.82, 2.24) is 9.88 Å². The fraction of sp³-hybridized carbons (Fsp3) is 0.250. The lowest BCUT2D eigenvalue weighted by Gasteiger charge is -2.31. The maximum atomic E-state index is 12.2. The summed E-state index contributed by atoms with van der Waals surface area (Å²) in [6.45, 7) is 0.969. The molecule has 0 saturated carbocycles. The minimum Gasteiger partial charge on any atom is -0.445 e. The number of hydrogen-bond donors (Lipinski definition) is 3. The zero-order valence-corrected chi connectivity index (χ0v) is 16.8. The van der Waals surface area contributed by atoms with Crippen LogP contribution < -0.4 is 5.76 Å². The highest BCUT2D eigenvalue weighted by Crippen LogP contribution is 2.50. The number of H-pyrrole nitrogens is 1. The number of aromatic nitrogens is 1. The molecule has 2 heterocycles. The molecule has 9 nitrogen and oxygen atoms in total. The first-order valence-corrected chi connectivity index (χ1v) is 10.9. The van der Waals surface area contributed by atoms with E-state index in [0.29, 0.717) is 37.2 Å². The van der Waals surface area contributed by atoms with Gasteiger partial charge in [-0.05, 0) is 17.7 Å². The highest BCUT2D eigenvalue weighted by atomic mass is 32.3. The summed E-state index contributed by atoms with van der Waals surface area (Å²) in [4.78, 5) is 27.7. The van der Waals surface area contributed by atoms with E-state index in [4.69, 9.17) is 9.15 Å². The number of rotatable bonds is 4. The summed E-state index contributed by atoms with van der Waals surface area (Å²) >= 11 is 0. The van der Waals surface area contributed by atoms with Crippen LogP contribution in [0.2, 0.25) is 0 Å². The van der Waals surface area contributed by atoms with Crippen molar-refractivity contribution in [2.45, 2.75) is 24.3 Å². The fourth-order valence-electron chi connectivity index (χ4n) is 3.18. The van der Waals surface area contributed by atoms with Gasteiger partial charge < -0.3 is 14.1 Å². The Morgan fingerprint density at radius 2 is 1.90 bits per heavy atom. The summed E-state index contributed by atoms with van der Waals surface area (Å²) < 4.78 is 35.4. The summed E-state index contributed by atoms with van der Waals surface area (Å²) in [5, 5.41) is 0. The summed E-state index contributed by atoms with van der Waals surface area (Å²) in [5.41, 5.74) is 2.22. The van der Waals surface area contributed by atoms with Crippen LogP contribution in [0.1, 0.15) is 18.4 Å². The molecule has 0 radical (unpaired) electrons. The van der Waals surface area contributed by atoms with Gasteiger partial charge in [-0.3, -0.25) is 14.1 Å². The molecule has 0 bridgehead atoms. The van der Waals surface area contributed by atoms with Crippen LogP contribution in [0.4, 0.5) is 4.79 Å². The van der Waals surface area contributed by atoms with Crippen LogP contribution in [-0.4, -0.2) is 43.9 Å². The monoisotopic (exact) mass is 431 g/mol. The van der Waals surface area contributed by atoms with Crippen molar-refractivity contribution in [2.75, 3.05) is 13.1 Å². The standard InChI is InChI=1S/C20H21N3O6S/c24-19-21-17-7-6-16(12-18(17)29-19)30(26,27)22-15-8-10-23(11-9-15)20(25)28-13-14-4-2-1-3-5-14/h1-7,12,26-27H,8-11,13H2,(H,21,24). The Morgan fingerprint density at radius 1 is 1.17 bits per heavy atom. The zero-order valence-electron chi connectivity index (χ0n) is 16.0. The Hall–Kier alpha value is -3.08. The number of carbonyl (C=O) groups is 1. The first kappa shape index (κ1) is 20.2. The van der Waals surface area contributed by atoms with E-state index in [1.807, 2.05) is 30.3 Å². The fourth-order valence-corrected chi connectivity index (χ4v) is 4.34. The number of likely N-dealkylation sites (tertiary alicyclic amines) is 1. The van der Waals surface area contributed by atoms with Crippen LogP contribution in [0, 0.1) is 0 Å². The number of benzene rings is 2. The molecule has 0 unspecified atom stereocenters. The van der Waals surface area contributed by atoms with Gasteiger partial charge in [0, 0.05) is 37.7 Å². The Kier molecular flexibility index (Phi) is 5.62. The predicted octanol–water partition coefficient (Wildman–Crippen LogP) is 4.02. The van der Waals surface area contributed by atoms with Gasteiger partial charge >= 0.3 is 11.8 Å². The third-order valence-electron chi connectivity index (χ3n) is 4.77. The second-order valence-corrected chi connectivity index (χ2v) is 8.57. The second kappa shape index (κ2) is 8.34. The van der Waals surface area contributed by atoms with Crippen LogP contribution in [0.3, 0.4) is 0 Å². The molecule has 0 atom stereocenters. The molecule has 1 fully saturated rings. The number of amides is 1. The third kappa shape index (κ3) is 4.56. The van der Waals surface area contributed by atoms with Gasteiger partial charge in [-0.1, -0.05) is 41.1 Å². The van der Waals surface area contributed by atoms with Crippen molar-refractivity contribution in [1.29, 1.82) is 0 Å². The SMILES string of the molecule is O=C(OCc1ccccc1)N1CCC(=NS(O)(O)c2ccc3[nH]c(=O)oc3c2)CC1. The first-order valence-electron chi connectivity index (χ1n) is 9.35. The van der Waals surface area contributed by atoms with E-state index in [2.05, 4.69) is 9.38 Å². The number of aromatic amines is 1. The van der Waals surface area contributed by atoms with Gasteiger partial charge in [0.1, 0.15) is 6.61 Å². The van der Waals surface area contributed by atoms with Gasteiger partial charge in [-0.15, -0.1) is 0 Å². The number of nitrogens with one attached hydrogen (secondary N) is 1. The van der Waals surface area contributed by atoms with Gasteiger partial charge in [-0.2, -0.15) is 4.40 Å². The number of carbonyl (C=O) groups excluding carboxylic acids is 1. The van der Waals surface area contributed by atoms with Crippen LogP contribution in [0.25, 0.3) is 11.1 Å². The average Bonchev–Trinajstić information content (AvgIpc) is 3.12. The number of fused-ring (bicyclic) bond motifs is 1. The molecule has 1 aromatic heterocycles. The maximum Gasteiger partial charge on any atom is 0.417 e. The largest absolute Gasteiger partial charge is 0.445 e. The van der Waals surface area contributed by atoms with Crippen molar-refractivity contribution in [3.63, 3.8) is 0 Å². The van der Waals surface area contributed by atoms with Crippen molar-refractivity contribution in [3.8, 4) is 0 Å². The van der Waals surface area contributed by atoms with Gasteiger partial charge in [0.15, 0.2) is 5.58 Å².